The lowest BCUT2D eigenvalue weighted by Crippen LogP contribution is -2.46. The number of rotatable bonds is 6. The normalized spacial score (nSPS) is 13.9. The Bertz CT molecular complexity index is 219. The van der Waals surface area contributed by atoms with Gasteiger partial charge < -0.3 is 4.74 Å². The van der Waals surface area contributed by atoms with Crippen molar-refractivity contribution in [1.82, 2.24) is 4.90 Å². The number of nitrogens with zero attached hydrogens (tertiary/aromatic N) is 1. The van der Waals surface area contributed by atoms with Crippen molar-refractivity contribution in [3.63, 3.8) is 0 Å². The molecule has 0 amide bonds. The lowest BCUT2D eigenvalue weighted by Gasteiger charge is -2.28. The van der Waals surface area contributed by atoms with Crippen LogP contribution >= 0.6 is 0 Å². The summed E-state index contributed by atoms with van der Waals surface area (Å²) in [7, 11) is 0. The highest BCUT2D eigenvalue weighted by atomic mass is 19.4. The SMILES string of the molecule is CCOC(=O)C(CC)N(CC)CC(F)(F)F. The standard InChI is InChI=1S/C10H18F3NO2/c1-4-8(9(15)16-6-3)14(5-2)7-10(11,12)13/h8H,4-7H2,1-3H3. The van der Waals surface area contributed by atoms with Crippen molar-refractivity contribution in [3.8, 4) is 0 Å². The van der Waals surface area contributed by atoms with Gasteiger partial charge in [0.1, 0.15) is 6.04 Å². The van der Waals surface area contributed by atoms with Crippen molar-refractivity contribution >= 4 is 5.97 Å². The van der Waals surface area contributed by atoms with Crippen LogP contribution in [-0.2, 0) is 9.53 Å². The highest BCUT2D eigenvalue weighted by Crippen LogP contribution is 2.19. The number of ether oxygens (including phenoxy) is 1. The molecule has 0 radical (unpaired) electrons. The summed E-state index contributed by atoms with van der Waals surface area (Å²) in [5.74, 6) is -0.587. The number of carbonyl (C=O) groups excluding carboxylic acids is 1. The molecule has 1 atom stereocenters. The number of halogens is 3. The number of hydrogen-bond acceptors (Lipinski definition) is 3. The highest BCUT2D eigenvalue weighted by molar-refractivity contribution is 5.75. The van der Waals surface area contributed by atoms with Crippen LogP contribution in [0.2, 0.25) is 0 Å². The molecule has 16 heavy (non-hydrogen) atoms. The third-order valence-electron chi connectivity index (χ3n) is 2.17. The zero-order valence-corrected chi connectivity index (χ0v) is 9.80. The number of carbonyl (C=O) groups is 1. The van der Waals surface area contributed by atoms with Crippen molar-refractivity contribution in [2.45, 2.75) is 39.4 Å². The van der Waals surface area contributed by atoms with Gasteiger partial charge in [0, 0.05) is 0 Å². The first-order valence-corrected chi connectivity index (χ1v) is 5.33. The molecule has 0 saturated heterocycles. The van der Waals surface area contributed by atoms with Crippen LogP contribution in [0.3, 0.4) is 0 Å². The van der Waals surface area contributed by atoms with Gasteiger partial charge in [0.05, 0.1) is 13.2 Å². The Morgan fingerprint density at radius 2 is 1.88 bits per heavy atom. The van der Waals surface area contributed by atoms with Gasteiger partial charge in [0.25, 0.3) is 0 Å². The van der Waals surface area contributed by atoms with Crippen LogP contribution in [0, 0.1) is 0 Å². The molecular weight excluding hydrogens is 223 g/mol. The van der Waals surface area contributed by atoms with Crippen LogP contribution < -0.4 is 0 Å². The zero-order valence-electron chi connectivity index (χ0n) is 9.80. The van der Waals surface area contributed by atoms with Crippen molar-refractivity contribution in [2.24, 2.45) is 0 Å². The molecule has 0 heterocycles. The molecule has 3 nitrogen and oxygen atoms in total. The van der Waals surface area contributed by atoms with Crippen LogP contribution in [0.5, 0.6) is 0 Å². The fourth-order valence-corrected chi connectivity index (χ4v) is 1.49. The molecule has 0 saturated carbocycles. The van der Waals surface area contributed by atoms with E-state index in [2.05, 4.69) is 0 Å². The molecule has 0 N–H and O–H groups in total. The lowest BCUT2D eigenvalue weighted by molar-refractivity contribution is -0.164. The van der Waals surface area contributed by atoms with E-state index < -0.39 is 24.7 Å². The summed E-state index contributed by atoms with van der Waals surface area (Å²) in [6.07, 6.45) is -3.99. The van der Waals surface area contributed by atoms with E-state index in [4.69, 9.17) is 4.74 Å². The van der Waals surface area contributed by atoms with E-state index in [1.807, 2.05) is 0 Å². The maximum Gasteiger partial charge on any atom is 0.401 e. The Balaban J connectivity index is 4.56. The van der Waals surface area contributed by atoms with Crippen molar-refractivity contribution in [3.05, 3.63) is 0 Å². The van der Waals surface area contributed by atoms with Crippen molar-refractivity contribution in [1.29, 1.82) is 0 Å². The van der Waals surface area contributed by atoms with Crippen LogP contribution in [0.1, 0.15) is 27.2 Å². The van der Waals surface area contributed by atoms with Crippen molar-refractivity contribution in [2.75, 3.05) is 19.7 Å². The fourth-order valence-electron chi connectivity index (χ4n) is 1.49. The Morgan fingerprint density at radius 3 is 2.19 bits per heavy atom. The predicted octanol–water partition coefficient (Wildman–Crippen LogP) is 2.21. The summed E-state index contributed by atoms with van der Waals surface area (Å²) < 4.78 is 41.5. The Labute approximate surface area is 93.6 Å². The van der Waals surface area contributed by atoms with Crippen LogP contribution in [0.4, 0.5) is 13.2 Å². The first-order chi connectivity index (χ1) is 7.35. The first kappa shape index (κ1) is 15.2. The number of esters is 1. The average Bonchev–Trinajstić information content (AvgIpc) is 2.16. The molecule has 0 aliphatic carbocycles. The molecule has 6 heteroatoms. The van der Waals surface area contributed by atoms with Gasteiger partial charge >= 0.3 is 12.1 Å². The van der Waals surface area contributed by atoms with E-state index in [0.29, 0.717) is 6.42 Å². The van der Waals surface area contributed by atoms with E-state index in [1.54, 1.807) is 20.8 Å². The van der Waals surface area contributed by atoms with Crippen molar-refractivity contribution < 1.29 is 22.7 Å². The summed E-state index contributed by atoms with van der Waals surface area (Å²) >= 11 is 0. The smallest absolute Gasteiger partial charge is 0.401 e. The predicted molar refractivity (Wildman–Crippen MR) is 54.0 cm³/mol. The van der Waals surface area contributed by atoms with E-state index in [0.717, 1.165) is 4.90 Å². The fraction of sp³-hybridized carbons (Fsp3) is 0.900. The van der Waals surface area contributed by atoms with Crippen LogP contribution in [0.25, 0.3) is 0 Å². The molecule has 0 aromatic heterocycles. The third kappa shape index (κ3) is 5.34. The molecule has 0 aliphatic heterocycles. The molecule has 0 aromatic carbocycles. The highest BCUT2D eigenvalue weighted by Gasteiger charge is 2.35. The van der Waals surface area contributed by atoms with E-state index in [1.165, 1.54) is 0 Å². The Morgan fingerprint density at radius 1 is 1.31 bits per heavy atom. The van der Waals surface area contributed by atoms with Gasteiger partial charge in [0.2, 0.25) is 0 Å². The first-order valence-electron chi connectivity index (χ1n) is 5.33. The number of alkyl halides is 3. The summed E-state index contributed by atoms with van der Waals surface area (Å²) in [5.41, 5.74) is 0. The third-order valence-corrected chi connectivity index (χ3v) is 2.17. The average molecular weight is 241 g/mol. The maximum absolute atomic E-state index is 12.2. The molecule has 0 fully saturated rings. The van der Waals surface area contributed by atoms with Gasteiger partial charge in [-0.2, -0.15) is 13.2 Å². The second kappa shape index (κ2) is 6.73. The minimum atomic E-state index is -4.30. The van der Waals surface area contributed by atoms with Gasteiger partial charge in [-0.25, -0.2) is 0 Å². The lowest BCUT2D eigenvalue weighted by atomic mass is 10.2. The molecule has 0 aromatic rings. The molecule has 1 unspecified atom stereocenters. The van der Waals surface area contributed by atoms with Gasteiger partial charge in [-0.05, 0) is 19.9 Å². The summed E-state index contributed by atoms with van der Waals surface area (Å²) in [6.45, 7) is 4.15. The van der Waals surface area contributed by atoms with Crippen LogP contribution in [0.15, 0.2) is 0 Å². The second-order valence-electron chi connectivity index (χ2n) is 3.35. The number of hydrogen-bond donors (Lipinski definition) is 0. The van der Waals surface area contributed by atoms with Gasteiger partial charge in [0.15, 0.2) is 0 Å². The summed E-state index contributed by atoms with van der Waals surface area (Å²) in [6, 6.07) is -0.813. The molecule has 0 spiro atoms. The quantitative estimate of drug-likeness (QED) is 0.668. The molecule has 96 valence electrons. The summed E-state index contributed by atoms with van der Waals surface area (Å²) in [4.78, 5) is 12.5. The zero-order chi connectivity index (χ0) is 12.8. The minimum Gasteiger partial charge on any atom is -0.465 e. The minimum absolute atomic E-state index is 0.164. The molecule has 0 rings (SSSR count). The Kier molecular flexibility index (Phi) is 6.40. The molecular formula is C10H18F3NO2. The summed E-state index contributed by atoms with van der Waals surface area (Å²) in [5, 5.41) is 0. The van der Waals surface area contributed by atoms with E-state index in [-0.39, 0.29) is 13.2 Å². The second-order valence-corrected chi connectivity index (χ2v) is 3.35. The van der Waals surface area contributed by atoms with E-state index in [9.17, 15) is 18.0 Å². The van der Waals surface area contributed by atoms with Crippen LogP contribution in [-0.4, -0.2) is 42.8 Å². The van der Waals surface area contributed by atoms with Gasteiger partial charge in [-0.15, -0.1) is 0 Å². The largest absolute Gasteiger partial charge is 0.465 e. The monoisotopic (exact) mass is 241 g/mol. The molecule has 0 aliphatic rings. The molecule has 0 bridgehead atoms. The van der Waals surface area contributed by atoms with Gasteiger partial charge in [-0.1, -0.05) is 13.8 Å². The van der Waals surface area contributed by atoms with Gasteiger partial charge in [-0.3, -0.25) is 9.69 Å². The Hall–Kier alpha value is -0.780. The van der Waals surface area contributed by atoms with E-state index >= 15 is 0 Å². The maximum atomic E-state index is 12.2. The number of likely N-dealkylation sites (N-methyl/N-ethyl adjacent to an activating group) is 1. The topological polar surface area (TPSA) is 29.5 Å².